The molecule has 0 aliphatic carbocycles. The van der Waals surface area contributed by atoms with Gasteiger partial charge in [0.25, 0.3) is 0 Å². The standard InChI is InChI=1S/C15H18N4O10S/c1-2-29-15(24)8(7-30)16-14(23)9(3-4-12(20)21)17-5-10(18(25)26)13(22)11(6-17)19(27)28/h5-6,8-9,30H,2-4,7H2,1H3,(H,16,23)(H,20,21)/t8-,9-/m0/s1. The van der Waals surface area contributed by atoms with E-state index in [0.29, 0.717) is 17.0 Å². The van der Waals surface area contributed by atoms with Gasteiger partial charge in [-0.2, -0.15) is 12.6 Å². The Labute approximate surface area is 173 Å². The van der Waals surface area contributed by atoms with Gasteiger partial charge in [-0.1, -0.05) is 0 Å². The van der Waals surface area contributed by atoms with Crippen molar-refractivity contribution in [2.45, 2.75) is 31.8 Å². The molecule has 0 spiro atoms. The summed E-state index contributed by atoms with van der Waals surface area (Å²) in [4.78, 5) is 67.3. The molecule has 2 atom stereocenters. The Kier molecular flexibility index (Phi) is 8.91. The second-order valence-electron chi connectivity index (χ2n) is 5.76. The van der Waals surface area contributed by atoms with Crippen molar-refractivity contribution in [1.82, 2.24) is 9.88 Å². The van der Waals surface area contributed by atoms with Crippen LogP contribution >= 0.6 is 12.6 Å². The van der Waals surface area contributed by atoms with Crippen LogP contribution in [-0.4, -0.2) is 55.8 Å². The first-order valence-electron chi connectivity index (χ1n) is 8.37. The molecule has 0 bridgehead atoms. The molecule has 0 unspecified atom stereocenters. The Bertz CT molecular complexity index is 877. The predicted molar refractivity (Wildman–Crippen MR) is 102 cm³/mol. The topological polar surface area (TPSA) is 201 Å². The van der Waals surface area contributed by atoms with E-state index in [1.54, 1.807) is 0 Å². The highest BCUT2D eigenvalue weighted by molar-refractivity contribution is 7.80. The van der Waals surface area contributed by atoms with Crippen LogP contribution in [0.3, 0.4) is 0 Å². The molecule has 30 heavy (non-hydrogen) atoms. The number of carboxylic acid groups (broad SMARTS) is 1. The van der Waals surface area contributed by atoms with E-state index >= 15 is 0 Å². The van der Waals surface area contributed by atoms with Gasteiger partial charge in [-0.05, 0) is 13.3 Å². The van der Waals surface area contributed by atoms with Crippen LogP contribution in [0, 0.1) is 20.2 Å². The predicted octanol–water partition coefficient (Wildman–Crippen LogP) is 0.0483. The van der Waals surface area contributed by atoms with E-state index in [1.165, 1.54) is 6.92 Å². The van der Waals surface area contributed by atoms with E-state index in [0.717, 1.165) is 0 Å². The number of nitro groups is 2. The molecular formula is C15H18N4O10S. The maximum atomic E-state index is 12.7. The highest BCUT2D eigenvalue weighted by atomic mass is 32.1. The van der Waals surface area contributed by atoms with Gasteiger partial charge in [-0.3, -0.25) is 34.6 Å². The van der Waals surface area contributed by atoms with Gasteiger partial charge in [-0.15, -0.1) is 0 Å². The number of thiol groups is 1. The average Bonchev–Trinajstić information content (AvgIpc) is 2.66. The molecule has 0 fully saturated rings. The first-order valence-corrected chi connectivity index (χ1v) is 9.00. The lowest BCUT2D eigenvalue weighted by Crippen LogP contribution is -2.46. The van der Waals surface area contributed by atoms with Crippen molar-refractivity contribution in [2.24, 2.45) is 0 Å². The Balaban J connectivity index is 3.43. The van der Waals surface area contributed by atoms with Gasteiger partial charge in [0.15, 0.2) is 0 Å². The lowest BCUT2D eigenvalue weighted by atomic mass is 10.1. The number of aromatic nitrogens is 1. The minimum atomic E-state index is -1.52. The van der Waals surface area contributed by atoms with Crippen molar-refractivity contribution in [3.05, 3.63) is 42.8 Å². The van der Waals surface area contributed by atoms with Crippen LogP contribution in [-0.2, 0) is 19.1 Å². The highest BCUT2D eigenvalue weighted by Gasteiger charge is 2.31. The molecule has 164 valence electrons. The third kappa shape index (κ3) is 6.26. The monoisotopic (exact) mass is 446 g/mol. The number of nitrogens with one attached hydrogen (secondary N) is 1. The van der Waals surface area contributed by atoms with Gasteiger partial charge in [-0.25, -0.2) is 4.79 Å². The maximum absolute atomic E-state index is 12.7. The van der Waals surface area contributed by atoms with E-state index in [2.05, 4.69) is 17.9 Å². The number of ether oxygens (including phenoxy) is 1. The SMILES string of the molecule is CCOC(=O)[C@H](CS)NC(=O)[C@H](CCC(=O)O)n1cc([N+](=O)[O-])c(=O)c([N+](=O)[O-])c1. The molecule has 0 aliphatic heterocycles. The maximum Gasteiger partial charge on any atom is 0.339 e. The van der Waals surface area contributed by atoms with Crippen molar-refractivity contribution < 1.29 is 34.1 Å². The number of carboxylic acids is 1. The zero-order chi connectivity index (χ0) is 23.0. The number of amides is 1. The molecular weight excluding hydrogens is 428 g/mol. The molecule has 0 saturated heterocycles. The number of rotatable bonds is 11. The summed E-state index contributed by atoms with van der Waals surface area (Å²) in [6.45, 7) is 1.54. The van der Waals surface area contributed by atoms with Crippen LogP contribution in [0.2, 0.25) is 0 Å². The summed E-state index contributed by atoms with van der Waals surface area (Å²) in [6, 6.07) is -2.74. The van der Waals surface area contributed by atoms with Crippen LogP contribution < -0.4 is 10.7 Å². The first-order chi connectivity index (χ1) is 14.0. The van der Waals surface area contributed by atoms with Crippen LogP contribution in [0.1, 0.15) is 25.8 Å². The summed E-state index contributed by atoms with van der Waals surface area (Å²) in [5, 5.41) is 33.4. The number of aliphatic carboxylic acids is 1. The van der Waals surface area contributed by atoms with E-state index < -0.39 is 69.4 Å². The van der Waals surface area contributed by atoms with Gasteiger partial charge in [0.2, 0.25) is 5.91 Å². The van der Waals surface area contributed by atoms with Gasteiger partial charge < -0.3 is 19.7 Å². The summed E-state index contributed by atoms with van der Waals surface area (Å²) < 4.78 is 5.48. The van der Waals surface area contributed by atoms with Crippen molar-refractivity contribution in [3.8, 4) is 0 Å². The molecule has 0 aromatic carbocycles. The van der Waals surface area contributed by atoms with Gasteiger partial charge >= 0.3 is 28.7 Å². The number of nitrogens with zero attached hydrogens (tertiary/aromatic N) is 3. The smallest absolute Gasteiger partial charge is 0.339 e. The molecule has 2 N–H and O–H groups in total. The van der Waals surface area contributed by atoms with Crippen LogP contribution in [0.25, 0.3) is 0 Å². The zero-order valence-corrected chi connectivity index (χ0v) is 16.4. The zero-order valence-electron chi connectivity index (χ0n) is 15.5. The molecule has 1 aromatic rings. The van der Waals surface area contributed by atoms with Crippen molar-refractivity contribution >= 4 is 41.8 Å². The van der Waals surface area contributed by atoms with E-state index in [-0.39, 0.29) is 12.4 Å². The van der Waals surface area contributed by atoms with Crippen LogP contribution in [0.4, 0.5) is 11.4 Å². The van der Waals surface area contributed by atoms with E-state index in [9.17, 15) is 39.4 Å². The Hall–Kier alpha value is -3.49. The van der Waals surface area contributed by atoms with E-state index in [1.807, 2.05) is 0 Å². The quantitative estimate of drug-likeness (QED) is 0.180. The van der Waals surface area contributed by atoms with Crippen LogP contribution in [0.5, 0.6) is 0 Å². The second-order valence-corrected chi connectivity index (χ2v) is 6.13. The fourth-order valence-corrected chi connectivity index (χ4v) is 2.61. The molecule has 1 rings (SSSR count). The summed E-state index contributed by atoms with van der Waals surface area (Å²) in [5.41, 5.74) is -3.82. The third-order valence-corrected chi connectivity index (χ3v) is 4.13. The molecule has 1 heterocycles. The van der Waals surface area contributed by atoms with Crippen molar-refractivity contribution in [1.29, 1.82) is 0 Å². The van der Waals surface area contributed by atoms with Crippen LogP contribution in [0.15, 0.2) is 17.2 Å². The Morgan fingerprint density at radius 3 is 2.17 bits per heavy atom. The largest absolute Gasteiger partial charge is 0.481 e. The normalized spacial score (nSPS) is 12.5. The van der Waals surface area contributed by atoms with Gasteiger partial charge in [0.05, 0.1) is 28.8 Å². The average molecular weight is 446 g/mol. The lowest BCUT2D eigenvalue weighted by Gasteiger charge is -2.22. The summed E-state index contributed by atoms with van der Waals surface area (Å²) in [5.74, 6) is -3.29. The number of pyridine rings is 1. The van der Waals surface area contributed by atoms with Gasteiger partial charge in [0, 0.05) is 12.2 Å². The minimum Gasteiger partial charge on any atom is -0.481 e. The summed E-state index contributed by atoms with van der Waals surface area (Å²) >= 11 is 3.93. The molecule has 1 aromatic heterocycles. The molecule has 0 radical (unpaired) electrons. The van der Waals surface area contributed by atoms with Crippen molar-refractivity contribution in [2.75, 3.05) is 12.4 Å². The number of carbonyl (C=O) groups excluding carboxylic acids is 2. The number of esters is 1. The molecule has 14 nitrogen and oxygen atoms in total. The second kappa shape index (κ2) is 10.9. The fourth-order valence-electron chi connectivity index (χ4n) is 2.37. The lowest BCUT2D eigenvalue weighted by molar-refractivity contribution is -0.397. The Morgan fingerprint density at radius 2 is 1.77 bits per heavy atom. The first kappa shape index (κ1) is 24.5. The molecule has 0 saturated carbocycles. The molecule has 15 heteroatoms. The summed E-state index contributed by atoms with van der Waals surface area (Å²) in [7, 11) is 0. The number of hydrogen-bond acceptors (Lipinski definition) is 10. The third-order valence-electron chi connectivity index (χ3n) is 3.77. The minimum absolute atomic E-state index is 0.0134. The van der Waals surface area contributed by atoms with Crippen molar-refractivity contribution in [3.63, 3.8) is 0 Å². The molecule has 0 aliphatic rings. The molecule has 1 amide bonds. The summed E-state index contributed by atoms with van der Waals surface area (Å²) in [6.07, 6.45) is 0.167. The van der Waals surface area contributed by atoms with Gasteiger partial charge in [0.1, 0.15) is 12.1 Å². The highest BCUT2D eigenvalue weighted by Crippen LogP contribution is 2.20. The van der Waals surface area contributed by atoms with E-state index in [4.69, 9.17) is 9.84 Å². The number of carbonyl (C=O) groups is 3. The fraction of sp³-hybridized carbons (Fsp3) is 0.467. The number of hydrogen-bond donors (Lipinski definition) is 3. The Morgan fingerprint density at radius 1 is 1.23 bits per heavy atom.